The number of carbonyl (C=O) groups is 1. The topological polar surface area (TPSA) is 46.5 Å². The molecular formula is C24H21BrO3. The third-order valence-electron chi connectivity index (χ3n) is 4.44. The van der Waals surface area contributed by atoms with Gasteiger partial charge in [-0.1, -0.05) is 64.5 Å². The quantitative estimate of drug-likeness (QED) is 0.477. The average molecular weight is 437 g/mol. The minimum Gasteiger partial charge on any atom is -0.490 e. The Bertz CT molecular complexity index is 956. The Morgan fingerprint density at radius 1 is 0.929 bits per heavy atom. The molecule has 0 aliphatic carbocycles. The van der Waals surface area contributed by atoms with Gasteiger partial charge in [0.15, 0.2) is 0 Å². The zero-order chi connectivity index (χ0) is 19.9. The van der Waals surface area contributed by atoms with Crippen LogP contribution in [0.3, 0.4) is 0 Å². The highest BCUT2D eigenvalue weighted by molar-refractivity contribution is 9.10. The summed E-state index contributed by atoms with van der Waals surface area (Å²) in [6.07, 6.45) is 2.06. The van der Waals surface area contributed by atoms with Crippen LogP contribution in [0, 0.1) is 0 Å². The van der Waals surface area contributed by atoms with E-state index < -0.39 is 5.97 Å². The Morgan fingerprint density at radius 3 is 2.07 bits per heavy atom. The van der Waals surface area contributed by atoms with Gasteiger partial charge in [0.2, 0.25) is 0 Å². The van der Waals surface area contributed by atoms with Crippen LogP contribution >= 0.6 is 15.9 Å². The molecule has 0 radical (unpaired) electrons. The van der Waals surface area contributed by atoms with Crippen LogP contribution in [0.25, 0.3) is 16.7 Å². The van der Waals surface area contributed by atoms with Gasteiger partial charge in [0, 0.05) is 4.47 Å². The van der Waals surface area contributed by atoms with E-state index in [9.17, 15) is 4.79 Å². The molecule has 3 aromatic rings. The Hall–Kier alpha value is -2.85. The molecule has 0 saturated carbocycles. The van der Waals surface area contributed by atoms with Crippen LogP contribution in [0.2, 0.25) is 0 Å². The van der Waals surface area contributed by atoms with Gasteiger partial charge in [-0.3, -0.25) is 4.79 Å². The second kappa shape index (κ2) is 9.38. The number of hydrogen-bond donors (Lipinski definition) is 1. The third-order valence-corrected chi connectivity index (χ3v) is 4.96. The molecule has 0 aliphatic heterocycles. The molecule has 0 heterocycles. The summed E-state index contributed by atoms with van der Waals surface area (Å²) >= 11 is 3.46. The first-order valence-electron chi connectivity index (χ1n) is 8.98. The Balaban J connectivity index is 1.59. The zero-order valence-electron chi connectivity index (χ0n) is 15.6. The average Bonchev–Trinajstić information content (AvgIpc) is 2.69. The van der Waals surface area contributed by atoms with Crippen molar-refractivity contribution in [2.75, 3.05) is 6.61 Å². The largest absolute Gasteiger partial charge is 0.490 e. The van der Waals surface area contributed by atoms with Crippen LogP contribution in [-0.2, 0) is 11.2 Å². The molecule has 0 aromatic heterocycles. The van der Waals surface area contributed by atoms with Crippen molar-refractivity contribution in [3.63, 3.8) is 0 Å². The lowest BCUT2D eigenvalue weighted by Gasteiger charge is -2.07. The Labute approximate surface area is 173 Å². The van der Waals surface area contributed by atoms with E-state index in [1.165, 1.54) is 11.1 Å². The number of rotatable bonds is 7. The fourth-order valence-corrected chi connectivity index (χ4v) is 3.09. The summed E-state index contributed by atoms with van der Waals surface area (Å²) in [5, 5.41) is 8.80. The first kappa shape index (κ1) is 19.9. The van der Waals surface area contributed by atoms with E-state index >= 15 is 0 Å². The molecule has 3 rings (SSSR count). The van der Waals surface area contributed by atoms with Crippen molar-refractivity contribution in [3.05, 3.63) is 94.5 Å². The molecular weight excluding hydrogens is 416 g/mol. The molecule has 28 heavy (non-hydrogen) atoms. The molecule has 0 bridgehead atoms. The number of carboxylic acids is 1. The monoisotopic (exact) mass is 436 g/mol. The minimum atomic E-state index is -0.835. The molecule has 1 N–H and O–H groups in total. The summed E-state index contributed by atoms with van der Waals surface area (Å²) in [4.78, 5) is 10.7. The van der Waals surface area contributed by atoms with Crippen molar-refractivity contribution in [1.82, 2.24) is 0 Å². The molecule has 0 fully saturated rings. The predicted octanol–water partition coefficient (Wildman–Crippen LogP) is 6.23. The number of aliphatic carboxylic acids is 1. The van der Waals surface area contributed by atoms with Crippen molar-refractivity contribution < 1.29 is 14.6 Å². The minimum absolute atomic E-state index is 0.0234. The van der Waals surface area contributed by atoms with Gasteiger partial charge < -0.3 is 9.84 Å². The molecule has 3 nitrogen and oxygen atoms in total. The van der Waals surface area contributed by atoms with Crippen LogP contribution in [0.15, 0.2) is 83.3 Å². The van der Waals surface area contributed by atoms with E-state index in [2.05, 4.69) is 59.3 Å². The third kappa shape index (κ3) is 5.57. The Kier molecular flexibility index (Phi) is 6.66. The number of hydrogen-bond acceptors (Lipinski definition) is 2. The molecule has 0 atom stereocenters. The van der Waals surface area contributed by atoms with Gasteiger partial charge in [0.25, 0.3) is 0 Å². The van der Waals surface area contributed by atoms with Crippen molar-refractivity contribution in [2.45, 2.75) is 13.3 Å². The normalized spacial score (nSPS) is 11.3. The summed E-state index contributed by atoms with van der Waals surface area (Å²) < 4.78 is 6.81. The molecule has 3 aromatic carbocycles. The number of carboxylic acid groups (broad SMARTS) is 1. The van der Waals surface area contributed by atoms with E-state index in [0.717, 1.165) is 26.9 Å². The molecule has 0 aliphatic rings. The summed E-state index contributed by atoms with van der Waals surface area (Å²) in [5.41, 5.74) is 5.43. The van der Waals surface area contributed by atoms with Gasteiger partial charge in [-0.15, -0.1) is 0 Å². The smallest absolute Gasteiger partial charge is 0.307 e. The SMILES string of the molecule is CC(=CCOc1ccc(CC(=O)O)cc1)c1ccc(-c2ccc(Br)cc2)cc1. The number of ether oxygens (including phenoxy) is 1. The first-order chi connectivity index (χ1) is 13.5. The van der Waals surface area contributed by atoms with Crippen LogP contribution in [0.4, 0.5) is 0 Å². The van der Waals surface area contributed by atoms with Gasteiger partial charge in [-0.2, -0.15) is 0 Å². The molecule has 4 heteroatoms. The lowest BCUT2D eigenvalue weighted by molar-refractivity contribution is -0.136. The molecule has 0 saturated heterocycles. The summed E-state index contributed by atoms with van der Waals surface area (Å²) in [5.74, 6) is -0.109. The lowest BCUT2D eigenvalue weighted by Crippen LogP contribution is -2.00. The van der Waals surface area contributed by atoms with Crippen LogP contribution in [0.1, 0.15) is 18.1 Å². The summed E-state index contributed by atoms with van der Waals surface area (Å²) in [6, 6.07) is 23.9. The second-order valence-electron chi connectivity index (χ2n) is 6.50. The van der Waals surface area contributed by atoms with E-state index in [-0.39, 0.29) is 6.42 Å². The maximum atomic E-state index is 10.7. The molecule has 0 amide bonds. The van der Waals surface area contributed by atoms with Gasteiger partial charge >= 0.3 is 5.97 Å². The molecule has 0 unspecified atom stereocenters. The van der Waals surface area contributed by atoms with Crippen molar-refractivity contribution in [2.24, 2.45) is 0 Å². The second-order valence-corrected chi connectivity index (χ2v) is 7.41. The van der Waals surface area contributed by atoms with Crippen molar-refractivity contribution in [3.8, 4) is 16.9 Å². The predicted molar refractivity (Wildman–Crippen MR) is 117 cm³/mol. The van der Waals surface area contributed by atoms with Crippen LogP contribution in [0.5, 0.6) is 5.75 Å². The molecule has 142 valence electrons. The highest BCUT2D eigenvalue weighted by atomic mass is 79.9. The number of benzene rings is 3. The van der Waals surface area contributed by atoms with Crippen LogP contribution in [-0.4, -0.2) is 17.7 Å². The van der Waals surface area contributed by atoms with Gasteiger partial charge in [0.1, 0.15) is 12.4 Å². The van der Waals surface area contributed by atoms with Crippen molar-refractivity contribution in [1.29, 1.82) is 0 Å². The zero-order valence-corrected chi connectivity index (χ0v) is 17.1. The number of allylic oxidation sites excluding steroid dienone is 1. The lowest BCUT2D eigenvalue weighted by atomic mass is 10.0. The van der Waals surface area contributed by atoms with Crippen molar-refractivity contribution >= 4 is 27.5 Å². The van der Waals surface area contributed by atoms with E-state index in [4.69, 9.17) is 9.84 Å². The highest BCUT2D eigenvalue weighted by Gasteiger charge is 2.02. The molecule has 0 spiro atoms. The van der Waals surface area contributed by atoms with E-state index in [0.29, 0.717) is 6.61 Å². The summed E-state index contributed by atoms with van der Waals surface area (Å²) in [6.45, 7) is 2.52. The van der Waals surface area contributed by atoms with Crippen LogP contribution < -0.4 is 4.74 Å². The van der Waals surface area contributed by atoms with E-state index in [1.54, 1.807) is 24.3 Å². The first-order valence-corrected chi connectivity index (χ1v) is 9.77. The van der Waals surface area contributed by atoms with E-state index in [1.807, 2.05) is 18.2 Å². The standard InChI is InChI=1S/C24H21BrO3/c1-17(14-15-28-23-12-2-18(3-13-23)16-24(26)27)19-4-6-20(7-5-19)21-8-10-22(25)11-9-21/h2-14H,15-16H2,1H3,(H,26,27). The summed E-state index contributed by atoms with van der Waals surface area (Å²) in [7, 11) is 0. The number of halogens is 1. The fourth-order valence-electron chi connectivity index (χ4n) is 2.83. The maximum Gasteiger partial charge on any atom is 0.307 e. The fraction of sp³-hybridized carbons (Fsp3) is 0.125. The van der Waals surface area contributed by atoms with Gasteiger partial charge in [0.05, 0.1) is 6.42 Å². The van der Waals surface area contributed by atoms with Gasteiger partial charge in [-0.05, 0) is 65.1 Å². The highest BCUT2D eigenvalue weighted by Crippen LogP contribution is 2.24. The van der Waals surface area contributed by atoms with Gasteiger partial charge in [-0.25, -0.2) is 0 Å². The maximum absolute atomic E-state index is 10.7. The Morgan fingerprint density at radius 2 is 1.50 bits per heavy atom.